The predicted molar refractivity (Wildman–Crippen MR) is 198 cm³/mol. The van der Waals surface area contributed by atoms with Crippen LogP contribution < -0.4 is 10.1 Å². The number of hydrogen-bond acceptors (Lipinski definition) is 3. The molecule has 1 amide bonds. The van der Waals surface area contributed by atoms with Crippen LogP contribution in [0.4, 0.5) is 5.69 Å². The van der Waals surface area contributed by atoms with E-state index in [0.717, 1.165) is 58.6 Å². The normalized spacial score (nSPS) is 16.8. The first-order valence-corrected chi connectivity index (χ1v) is 20.5. The summed E-state index contributed by atoms with van der Waals surface area (Å²) in [5, 5.41) is 3.38. The van der Waals surface area contributed by atoms with Gasteiger partial charge in [-0.1, -0.05) is 122 Å². The summed E-state index contributed by atoms with van der Waals surface area (Å²) in [6, 6.07) is 22.9. The van der Waals surface area contributed by atoms with E-state index in [1.165, 1.54) is 44.1 Å². The largest absolute Gasteiger partial charge is 0.457 e. The van der Waals surface area contributed by atoms with Crippen molar-refractivity contribution in [2.24, 2.45) is 17.3 Å². The number of carbonyl (C=O) groups is 1. The lowest BCUT2D eigenvalue weighted by atomic mass is 9.73. The molecule has 2 aliphatic rings. The van der Waals surface area contributed by atoms with E-state index in [1.807, 2.05) is 36.4 Å². The molecule has 1 aliphatic heterocycles. The fourth-order valence-electron chi connectivity index (χ4n) is 7.82. The average molecular weight is 653 g/mol. The van der Waals surface area contributed by atoms with E-state index >= 15 is 0 Å². The summed E-state index contributed by atoms with van der Waals surface area (Å²) in [7, 11) is -0.924. The highest BCUT2D eigenvalue weighted by Crippen LogP contribution is 2.46. The Morgan fingerprint density at radius 2 is 1.51 bits per heavy atom. The predicted octanol–water partition coefficient (Wildman–Crippen LogP) is 12.0. The van der Waals surface area contributed by atoms with Gasteiger partial charge in [0.15, 0.2) is 0 Å². The molecule has 1 radical (unpaired) electrons. The van der Waals surface area contributed by atoms with Crippen LogP contribution in [0.1, 0.15) is 134 Å². The van der Waals surface area contributed by atoms with Crippen LogP contribution in [0, 0.1) is 17.3 Å². The number of benzene rings is 3. The molecule has 3 aromatic rings. The van der Waals surface area contributed by atoms with Gasteiger partial charge in [-0.15, -0.1) is 0 Å². The lowest BCUT2D eigenvalue weighted by Crippen LogP contribution is -2.24. The summed E-state index contributed by atoms with van der Waals surface area (Å²) in [5.74, 6) is 3.24. The van der Waals surface area contributed by atoms with Gasteiger partial charge in [0.1, 0.15) is 11.5 Å². The maximum Gasteiger partial charge on any atom is 0.225 e. The number of anilines is 1. The highest BCUT2D eigenvalue weighted by Gasteiger charge is 2.31. The van der Waals surface area contributed by atoms with Gasteiger partial charge < -0.3 is 14.5 Å². The molecule has 5 heteroatoms. The minimum Gasteiger partial charge on any atom is -0.457 e. The van der Waals surface area contributed by atoms with Gasteiger partial charge in [0.25, 0.3) is 0 Å². The van der Waals surface area contributed by atoms with Gasteiger partial charge in [-0.3, -0.25) is 4.79 Å². The molecule has 1 saturated carbocycles. The molecule has 47 heavy (non-hydrogen) atoms. The number of fused-ring (bicyclic) bond motifs is 2. The fraction of sp³-hybridized carbons (Fsp3) is 0.548. The molecule has 253 valence electrons. The van der Waals surface area contributed by atoms with Gasteiger partial charge in [-0.05, 0) is 84.3 Å². The third kappa shape index (κ3) is 9.17. The Morgan fingerprint density at radius 1 is 0.894 bits per heavy atom. The Bertz CT molecular complexity index is 1450. The maximum atomic E-state index is 13.9. The monoisotopic (exact) mass is 652 g/mol. The van der Waals surface area contributed by atoms with Crippen LogP contribution in [0.3, 0.4) is 0 Å². The van der Waals surface area contributed by atoms with E-state index in [0.29, 0.717) is 11.8 Å². The number of ether oxygens (including phenoxy) is 1. The second-order valence-corrected chi connectivity index (χ2v) is 18.5. The molecule has 1 heterocycles. The van der Waals surface area contributed by atoms with E-state index < -0.39 is 9.04 Å². The summed E-state index contributed by atoms with van der Waals surface area (Å²) in [5.41, 5.74) is 5.52. The van der Waals surface area contributed by atoms with Crippen LogP contribution in [0.15, 0.2) is 66.7 Å². The van der Waals surface area contributed by atoms with Crippen molar-refractivity contribution in [2.45, 2.75) is 130 Å². The lowest BCUT2D eigenvalue weighted by molar-refractivity contribution is -0.116. The maximum absolute atomic E-state index is 13.9. The molecule has 0 aromatic heterocycles. The zero-order chi connectivity index (χ0) is 33.8. The fourth-order valence-corrected chi connectivity index (χ4v) is 8.64. The number of para-hydroxylation sites is 2. The second kappa shape index (κ2) is 15.1. The first-order valence-electron chi connectivity index (χ1n) is 18.1. The summed E-state index contributed by atoms with van der Waals surface area (Å²) < 4.78 is 12.9. The van der Waals surface area contributed by atoms with Crippen molar-refractivity contribution in [3.8, 4) is 11.5 Å². The van der Waals surface area contributed by atoms with Crippen molar-refractivity contribution in [3.05, 3.63) is 89.0 Å². The molecule has 3 aromatic carbocycles. The summed E-state index contributed by atoms with van der Waals surface area (Å²) >= 11 is 0. The van der Waals surface area contributed by atoms with Crippen molar-refractivity contribution in [1.82, 2.24) is 0 Å². The van der Waals surface area contributed by atoms with Crippen LogP contribution in [-0.2, 0) is 14.6 Å². The van der Waals surface area contributed by atoms with Crippen LogP contribution in [0.5, 0.6) is 11.5 Å². The standard InChI is InChI=1S/C42H58NO3Si/c1-41(2,3)31(26-29-16-9-10-17-29)18-15-23-37(46-47(7)8)30-24-25-35(42(4,5)6)36(27-30)43-40(44)28-34-32-19-11-13-21-38(32)45-39-22-14-12-20-33(34)39/h11-14,19-22,24-25,27,29,31,34,37H,9-10,15-18,23,26,28H2,1-8H3,(H,43,44). The molecule has 0 saturated heterocycles. The van der Waals surface area contributed by atoms with E-state index in [-0.39, 0.29) is 23.3 Å². The Hall–Kier alpha value is -2.89. The van der Waals surface area contributed by atoms with Crippen LogP contribution in [0.25, 0.3) is 0 Å². The molecule has 1 N–H and O–H groups in total. The molecule has 0 spiro atoms. The van der Waals surface area contributed by atoms with Crippen LogP contribution in [-0.4, -0.2) is 14.9 Å². The first-order chi connectivity index (χ1) is 22.3. The van der Waals surface area contributed by atoms with Crippen molar-refractivity contribution in [1.29, 1.82) is 0 Å². The Kier molecular flexibility index (Phi) is 11.4. The van der Waals surface area contributed by atoms with Gasteiger partial charge in [0.2, 0.25) is 14.9 Å². The van der Waals surface area contributed by atoms with Gasteiger partial charge in [0.05, 0.1) is 6.10 Å². The minimum absolute atomic E-state index is 0.0114. The van der Waals surface area contributed by atoms with Crippen molar-refractivity contribution in [3.63, 3.8) is 0 Å². The van der Waals surface area contributed by atoms with Crippen molar-refractivity contribution in [2.75, 3.05) is 5.32 Å². The van der Waals surface area contributed by atoms with Gasteiger partial charge in [-0.2, -0.15) is 0 Å². The molecular formula is C42H58NO3Si. The topological polar surface area (TPSA) is 47.6 Å². The molecule has 2 unspecified atom stereocenters. The summed E-state index contributed by atoms with van der Waals surface area (Å²) in [4.78, 5) is 13.9. The van der Waals surface area contributed by atoms with Gasteiger partial charge >= 0.3 is 0 Å². The number of amides is 1. The zero-order valence-electron chi connectivity index (χ0n) is 30.2. The lowest BCUT2D eigenvalue weighted by Gasteiger charge is -2.33. The molecule has 5 rings (SSSR count). The van der Waals surface area contributed by atoms with E-state index in [4.69, 9.17) is 9.16 Å². The Morgan fingerprint density at radius 3 is 2.09 bits per heavy atom. The molecule has 2 atom stereocenters. The first kappa shape index (κ1) is 35.4. The third-order valence-electron chi connectivity index (χ3n) is 10.4. The molecule has 4 nitrogen and oxygen atoms in total. The quantitative estimate of drug-likeness (QED) is 0.198. The van der Waals surface area contributed by atoms with Gasteiger partial charge in [0, 0.05) is 29.2 Å². The summed E-state index contributed by atoms with van der Waals surface area (Å²) in [6.45, 7) is 18.4. The SMILES string of the molecule is C[Si](C)OC(CCCC(CC1CCCC1)C(C)(C)C)c1ccc(C(C)(C)C)c(NC(=O)CC2c3ccccc3Oc3ccccc32)c1. The average Bonchev–Trinajstić information content (AvgIpc) is 3.52. The van der Waals surface area contributed by atoms with E-state index in [1.54, 1.807) is 0 Å². The number of nitrogens with one attached hydrogen (secondary N) is 1. The van der Waals surface area contributed by atoms with E-state index in [2.05, 4.69) is 90.3 Å². The van der Waals surface area contributed by atoms with Crippen LogP contribution in [0.2, 0.25) is 13.1 Å². The summed E-state index contributed by atoms with van der Waals surface area (Å²) in [6.07, 6.45) is 10.8. The number of carbonyl (C=O) groups excluding carboxylic acids is 1. The Labute approximate surface area is 286 Å². The minimum atomic E-state index is -0.924. The molecule has 1 aliphatic carbocycles. The molecule has 0 bridgehead atoms. The van der Waals surface area contributed by atoms with Crippen molar-refractivity contribution < 1.29 is 14.0 Å². The molecular weight excluding hydrogens is 595 g/mol. The molecule has 1 fully saturated rings. The number of hydrogen-bond donors (Lipinski definition) is 1. The van der Waals surface area contributed by atoms with Crippen LogP contribution >= 0.6 is 0 Å². The number of rotatable bonds is 12. The Balaban J connectivity index is 1.35. The highest BCUT2D eigenvalue weighted by atomic mass is 28.3. The van der Waals surface area contributed by atoms with Crippen molar-refractivity contribution >= 4 is 20.6 Å². The third-order valence-corrected chi connectivity index (χ3v) is 11.2. The smallest absolute Gasteiger partial charge is 0.225 e. The van der Waals surface area contributed by atoms with Gasteiger partial charge in [-0.25, -0.2) is 0 Å². The van der Waals surface area contributed by atoms with E-state index in [9.17, 15) is 4.79 Å². The highest BCUT2D eigenvalue weighted by molar-refractivity contribution is 6.48. The second-order valence-electron chi connectivity index (χ2n) is 16.4. The zero-order valence-corrected chi connectivity index (χ0v) is 31.2.